The molecule has 0 radical (unpaired) electrons. The highest BCUT2D eigenvalue weighted by atomic mass is 16.6. The fraction of sp³-hybridized carbons (Fsp3) is 0.944. The van der Waals surface area contributed by atoms with Gasteiger partial charge in [0.2, 0.25) is 0 Å². The summed E-state index contributed by atoms with van der Waals surface area (Å²) in [5, 5.41) is 0. The average molecular weight is 323 g/mol. The van der Waals surface area contributed by atoms with Crippen LogP contribution in [-0.2, 0) is 4.74 Å². The van der Waals surface area contributed by atoms with E-state index in [0.717, 1.165) is 26.2 Å². The molecule has 3 aliphatic rings. The lowest BCUT2D eigenvalue weighted by molar-refractivity contribution is -0.0121. The van der Waals surface area contributed by atoms with Gasteiger partial charge in [-0.2, -0.15) is 0 Å². The van der Waals surface area contributed by atoms with Crippen LogP contribution < -0.4 is 0 Å². The molecule has 3 rings (SSSR count). The molecule has 132 valence electrons. The second-order valence-corrected chi connectivity index (χ2v) is 8.73. The molecule has 0 unspecified atom stereocenters. The molecule has 1 amide bonds. The Labute approximate surface area is 140 Å². The summed E-state index contributed by atoms with van der Waals surface area (Å²) in [5.74, 6) is 0. The van der Waals surface area contributed by atoms with Crippen molar-refractivity contribution in [1.82, 2.24) is 14.7 Å². The third-order valence-corrected chi connectivity index (χ3v) is 5.50. The summed E-state index contributed by atoms with van der Waals surface area (Å²) in [6, 6.07) is 0. The third kappa shape index (κ3) is 4.38. The maximum atomic E-state index is 12.2. The van der Waals surface area contributed by atoms with E-state index in [0.29, 0.717) is 5.41 Å². The molecule has 0 N–H and O–H groups in total. The number of amides is 1. The average Bonchev–Trinajstić information content (AvgIpc) is 2.46. The summed E-state index contributed by atoms with van der Waals surface area (Å²) in [6.07, 6.45) is 5.33. The lowest BCUT2D eigenvalue weighted by atomic mass is 9.73. The number of rotatable bonds is 2. The Morgan fingerprint density at radius 3 is 2.17 bits per heavy atom. The van der Waals surface area contributed by atoms with Crippen LogP contribution in [0.3, 0.4) is 0 Å². The number of piperazine rings is 1. The van der Waals surface area contributed by atoms with Gasteiger partial charge >= 0.3 is 6.09 Å². The molecule has 0 spiro atoms. The summed E-state index contributed by atoms with van der Waals surface area (Å²) < 4.78 is 5.49. The van der Waals surface area contributed by atoms with Crippen LogP contribution in [0.15, 0.2) is 0 Å². The molecule has 0 aromatic heterocycles. The molecule has 3 saturated heterocycles. The lowest BCUT2D eigenvalue weighted by Crippen LogP contribution is -2.56. The highest BCUT2D eigenvalue weighted by molar-refractivity contribution is 5.68. The van der Waals surface area contributed by atoms with Gasteiger partial charge in [0.05, 0.1) is 0 Å². The second kappa shape index (κ2) is 6.60. The number of fused-ring (bicyclic) bond motifs is 2. The summed E-state index contributed by atoms with van der Waals surface area (Å²) in [4.78, 5) is 19.3. The van der Waals surface area contributed by atoms with Gasteiger partial charge in [0.1, 0.15) is 5.60 Å². The van der Waals surface area contributed by atoms with Crippen molar-refractivity contribution in [2.24, 2.45) is 5.41 Å². The highest BCUT2D eigenvalue weighted by Gasteiger charge is 2.40. The molecule has 5 nitrogen and oxygen atoms in total. The summed E-state index contributed by atoms with van der Waals surface area (Å²) >= 11 is 0. The van der Waals surface area contributed by atoms with Crippen LogP contribution in [0.2, 0.25) is 0 Å². The van der Waals surface area contributed by atoms with Crippen LogP contribution in [-0.4, -0.2) is 78.8 Å². The topological polar surface area (TPSA) is 36.0 Å². The van der Waals surface area contributed by atoms with Crippen molar-refractivity contribution < 1.29 is 9.53 Å². The van der Waals surface area contributed by atoms with Gasteiger partial charge < -0.3 is 14.5 Å². The number of nitrogens with zero attached hydrogens (tertiary/aromatic N) is 3. The molecule has 3 fully saturated rings. The Kier molecular flexibility index (Phi) is 4.88. The highest BCUT2D eigenvalue weighted by Crippen LogP contribution is 2.39. The van der Waals surface area contributed by atoms with Crippen molar-refractivity contribution in [2.45, 2.75) is 52.1 Å². The number of hydrogen-bond donors (Lipinski definition) is 0. The zero-order valence-corrected chi connectivity index (χ0v) is 15.1. The van der Waals surface area contributed by atoms with Gasteiger partial charge in [-0.25, -0.2) is 4.79 Å². The van der Waals surface area contributed by atoms with E-state index in [4.69, 9.17) is 4.74 Å². The molecule has 0 saturated carbocycles. The molecule has 0 aliphatic carbocycles. The van der Waals surface area contributed by atoms with Crippen molar-refractivity contribution in [3.05, 3.63) is 0 Å². The Bertz CT molecular complexity index is 414. The number of hydrogen-bond acceptors (Lipinski definition) is 4. The van der Waals surface area contributed by atoms with Crippen molar-refractivity contribution in [3.8, 4) is 0 Å². The Morgan fingerprint density at radius 1 is 1.00 bits per heavy atom. The minimum absolute atomic E-state index is 0.156. The van der Waals surface area contributed by atoms with Gasteiger partial charge in [0.15, 0.2) is 0 Å². The minimum Gasteiger partial charge on any atom is -0.444 e. The van der Waals surface area contributed by atoms with Crippen LogP contribution in [0.25, 0.3) is 0 Å². The van der Waals surface area contributed by atoms with E-state index < -0.39 is 5.60 Å². The first-order valence-electron chi connectivity index (χ1n) is 9.28. The minimum atomic E-state index is -0.402. The van der Waals surface area contributed by atoms with Gasteiger partial charge in [-0.15, -0.1) is 0 Å². The van der Waals surface area contributed by atoms with E-state index >= 15 is 0 Å². The first-order chi connectivity index (χ1) is 10.9. The molecular formula is C18H33N3O2. The van der Waals surface area contributed by atoms with Crippen molar-refractivity contribution in [3.63, 3.8) is 0 Å². The summed E-state index contributed by atoms with van der Waals surface area (Å²) in [6.45, 7) is 14.5. The maximum absolute atomic E-state index is 12.2. The molecule has 3 aliphatic heterocycles. The first-order valence-corrected chi connectivity index (χ1v) is 9.28. The zero-order chi connectivity index (χ0) is 16.5. The molecule has 0 atom stereocenters. The van der Waals surface area contributed by atoms with Gasteiger partial charge in [-0.05, 0) is 65.0 Å². The zero-order valence-electron chi connectivity index (χ0n) is 15.1. The molecule has 0 aromatic carbocycles. The Balaban J connectivity index is 1.48. The van der Waals surface area contributed by atoms with E-state index in [-0.39, 0.29) is 6.09 Å². The Hall–Kier alpha value is -0.810. The van der Waals surface area contributed by atoms with Gasteiger partial charge in [0.25, 0.3) is 0 Å². The van der Waals surface area contributed by atoms with Crippen molar-refractivity contribution >= 4 is 6.09 Å². The molecule has 3 heterocycles. The normalized spacial score (nSPS) is 32.7. The summed E-state index contributed by atoms with van der Waals surface area (Å²) in [7, 11) is 0. The fourth-order valence-electron chi connectivity index (χ4n) is 4.48. The van der Waals surface area contributed by atoms with Gasteiger partial charge in [-0.3, -0.25) is 4.90 Å². The smallest absolute Gasteiger partial charge is 0.410 e. The number of piperidine rings is 2. The van der Waals surface area contributed by atoms with E-state index in [1.807, 2.05) is 25.7 Å². The molecule has 23 heavy (non-hydrogen) atoms. The summed E-state index contributed by atoms with van der Waals surface area (Å²) in [5.41, 5.74) is 0.116. The number of carbonyl (C=O) groups excluding carboxylic acids is 1. The van der Waals surface area contributed by atoms with Crippen LogP contribution in [0, 0.1) is 5.41 Å². The SMILES string of the molecule is CC(C)(C)OC(=O)N1CCN(CC23CCCN(CCC2)C3)CC1. The van der Waals surface area contributed by atoms with E-state index in [1.54, 1.807) is 0 Å². The molecule has 2 bridgehead atoms. The van der Waals surface area contributed by atoms with Gasteiger partial charge in [-0.1, -0.05) is 0 Å². The van der Waals surface area contributed by atoms with Gasteiger partial charge in [0, 0.05) is 39.3 Å². The quantitative estimate of drug-likeness (QED) is 0.782. The van der Waals surface area contributed by atoms with E-state index in [9.17, 15) is 4.79 Å². The van der Waals surface area contributed by atoms with Crippen LogP contribution in [0.5, 0.6) is 0 Å². The Morgan fingerprint density at radius 2 is 1.61 bits per heavy atom. The monoisotopic (exact) mass is 323 g/mol. The van der Waals surface area contributed by atoms with Crippen molar-refractivity contribution in [1.29, 1.82) is 0 Å². The predicted molar refractivity (Wildman–Crippen MR) is 91.6 cm³/mol. The lowest BCUT2D eigenvalue weighted by Gasteiger charge is -2.50. The second-order valence-electron chi connectivity index (χ2n) is 8.73. The van der Waals surface area contributed by atoms with Crippen LogP contribution in [0.4, 0.5) is 4.79 Å². The molecular weight excluding hydrogens is 290 g/mol. The number of carbonyl (C=O) groups is 1. The maximum Gasteiger partial charge on any atom is 0.410 e. The number of ether oxygens (including phenoxy) is 1. The third-order valence-electron chi connectivity index (χ3n) is 5.50. The van der Waals surface area contributed by atoms with Crippen LogP contribution >= 0.6 is 0 Å². The molecule has 0 aromatic rings. The van der Waals surface area contributed by atoms with E-state index in [2.05, 4.69) is 9.80 Å². The van der Waals surface area contributed by atoms with Crippen molar-refractivity contribution in [2.75, 3.05) is 52.4 Å². The standard InChI is InChI=1S/C18H33N3O2/c1-17(2,3)23-16(22)21-12-10-20(11-13-21)15-18-6-4-8-19(14-18)9-5-7-18/h4-15H2,1-3H3. The molecule has 5 heteroatoms. The van der Waals surface area contributed by atoms with E-state index in [1.165, 1.54) is 51.9 Å². The fourth-order valence-corrected chi connectivity index (χ4v) is 4.48. The van der Waals surface area contributed by atoms with Crippen LogP contribution in [0.1, 0.15) is 46.5 Å². The first kappa shape index (κ1) is 17.0. The largest absolute Gasteiger partial charge is 0.444 e. The predicted octanol–water partition coefficient (Wildman–Crippen LogP) is 2.42.